The van der Waals surface area contributed by atoms with Crippen LogP contribution in [0, 0.1) is 0 Å². The molecule has 0 saturated heterocycles. The van der Waals surface area contributed by atoms with Gasteiger partial charge in [-0.05, 0) is 62.2 Å². The van der Waals surface area contributed by atoms with E-state index in [1.54, 1.807) is 30.3 Å². The summed E-state index contributed by atoms with van der Waals surface area (Å²) in [6, 6.07) is 8.06. The molecule has 1 aromatic heterocycles. The van der Waals surface area contributed by atoms with Gasteiger partial charge in [0, 0.05) is 11.1 Å². The maximum Gasteiger partial charge on any atom is 0.248 e. The van der Waals surface area contributed by atoms with Gasteiger partial charge in [0.25, 0.3) is 0 Å². The third-order valence-electron chi connectivity index (χ3n) is 2.47. The monoisotopic (exact) mass is 417 g/mol. The fourth-order valence-corrected chi connectivity index (χ4v) is 4.33. The highest BCUT2D eigenvalue weighted by atomic mass is 79.9. The molecule has 1 aromatic carbocycles. The van der Waals surface area contributed by atoms with Crippen molar-refractivity contribution < 1.29 is 14.3 Å². The summed E-state index contributed by atoms with van der Waals surface area (Å²) in [5.74, 6) is -0.119. The second-order valence-electron chi connectivity index (χ2n) is 3.84. The molecule has 2 aromatic rings. The van der Waals surface area contributed by atoms with Crippen LogP contribution in [0.15, 0.2) is 37.9 Å². The molecule has 0 bridgehead atoms. The highest BCUT2D eigenvalue weighted by Gasteiger charge is 2.14. The van der Waals surface area contributed by atoms with Gasteiger partial charge in [-0.3, -0.25) is 9.59 Å². The fraction of sp³-hybridized carbons (Fsp3) is 0.0769. The molecular formula is C13H9Br2NO3S. The van der Waals surface area contributed by atoms with Gasteiger partial charge in [0.15, 0.2) is 6.61 Å². The van der Waals surface area contributed by atoms with Crippen molar-refractivity contribution in [2.24, 2.45) is 5.73 Å². The lowest BCUT2D eigenvalue weighted by atomic mass is 10.2. The zero-order valence-electron chi connectivity index (χ0n) is 10.1. The van der Waals surface area contributed by atoms with Gasteiger partial charge in [-0.25, -0.2) is 0 Å². The van der Waals surface area contributed by atoms with Gasteiger partial charge in [0.05, 0.1) is 7.57 Å². The minimum absolute atomic E-state index is 0.0717. The molecule has 0 radical (unpaired) electrons. The van der Waals surface area contributed by atoms with Crippen molar-refractivity contribution in [2.45, 2.75) is 0 Å². The van der Waals surface area contributed by atoms with Crippen LogP contribution in [0.2, 0.25) is 0 Å². The third kappa shape index (κ3) is 3.68. The SMILES string of the molecule is NC(=O)c1ccc(OCC(=O)c2cc(Br)sc2Br)cc1. The van der Waals surface area contributed by atoms with Crippen LogP contribution in [0.3, 0.4) is 0 Å². The summed E-state index contributed by atoms with van der Waals surface area (Å²) >= 11 is 8.08. The van der Waals surface area contributed by atoms with E-state index in [1.165, 1.54) is 11.3 Å². The number of amides is 1. The number of thiophene rings is 1. The first-order chi connectivity index (χ1) is 9.47. The van der Waals surface area contributed by atoms with Crippen LogP contribution in [-0.2, 0) is 0 Å². The molecule has 0 aliphatic carbocycles. The Morgan fingerprint density at radius 1 is 1.20 bits per heavy atom. The van der Waals surface area contributed by atoms with E-state index < -0.39 is 5.91 Å². The lowest BCUT2D eigenvalue weighted by Crippen LogP contribution is -2.12. The average molecular weight is 419 g/mol. The predicted molar refractivity (Wildman–Crippen MR) is 84.5 cm³/mol. The van der Waals surface area contributed by atoms with Crippen molar-refractivity contribution in [3.8, 4) is 5.75 Å². The third-order valence-corrected chi connectivity index (χ3v) is 4.81. The summed E-state index contributed by atoms with van der Waals surface area (Å²) < 4.78 is 7.03. The predicted octanol–water partition coefficient (Wildman–Crippen LogP) is 3.63. The minimum atomic E-state index is -0.500. The van der Waals surface area contributed by atoms with Gasteiger partial charge in [-0.1, -0.05) is 0 Å². The van der Waals surface area contributed by atoms with Gasteiger partial charge < -0.3 is 10.5 Å². The number of primary amides is 1. The number of rotatable bonds is 5. The second-order valence-corrected chi connectivity index (χ2v) is 7.59. The van der Waals surface area contributed by atoms with Crippen molar-refractivity contribution >= 4 is 54.9 Å². The zero-order valence-corrected chi connectivity index (χ0v) is 14.0. The molecule has 104 valence electrons. The Labute approximate surface area is 136 Å². The van der Waals surface area contributed by atoms with Crippen molar-refractivity contribution in [2.75, 3.05) is 6.61 Å². The zero-order chi connectivity index (χ0) is 14.7. The van der Waals surface area contributed by atoms with Crippen LogP contribution >= 0.6 is 43.2 Å². The van der Waals surface area contributed by atoms with Crippen LogP contribution in [0.25, 0.3) is 0 Å². The summed E-state index contributed by atoms with van der Waals surface area (Å²) in [5, 5.41) is 0. The van der Waals surface area contributed by atoms with E-state index in [0.29, 0.717) is 16.9 Å². The first-order valence-corrected chi connectivity index (χ1v) is 7.88. The number of carbonyl (C=O) groups excluding carboxylic acids is 2. The van der Waals surface area contributed by atoms with E-state index >= 15 is 0 Å². The molecule has 7 heteroatoms. The summed E-state index contributed by atoms with van der Waals surface area (Å²) in [4.78, 5) is 22.9. The molecule has 0 aliphatic heterocycles. The molecule has 0 aliphatic rings. The Bertz CT molecular complexity index is 652. The lowest BCUT2D eigenvalue weighted by molar-refractivity contribution is 0.0920. The number of hydrogen-bond acceptors (Lipinski definition) is 4. The number of hydrogen-bond donors (Lipinski definition) is 1. The molecule has 0 fully saturated rings. The Balaban J connectivity index is 2.00. The quantitative estimate of drug-likeness (QED) is 0.753. The maximum atomic E-state index is 12.0. The molecule has 1 heterocycles. The normalized spacial score (nSPS) is 10.3. The molecular weight excluding hydrogens is 410 g/mol. The fourth-order valence-electron chi connectivity index (χ4n) is 1.47. The van der Waals surface area contributed by atoms with Gasteiger partial charge >= 0.3 is 0 Å². The number of ether oxygens (including phenoxy) is 1. The highest BCUT2D eigenvalue weighted by Crippen LogP contribution is 2.32. The highest BCUT2D eigenvalue weighted by molar-refractivity contribution is 9.12. The number of nitrogens with two attached hydrogens (primary N) is 1. The van der Waals surface area contributed by atoms with Crippen LogP contribution in [0.5, 0.6) is 5.75 Å². The van der Waals surface area contributed by atoms with Gasteiger partial charge in [-0.15, -0.1) is 11.3 Å². The molecule has 1 amide bonds. The van der Waals surface area contributed by atoms with E-state index in [9.17, 15) is 9.59 Å². The summed E-state index contributed by atoms with van der Waals surface area (Å²) in [7, 11) is 0. The van der Waals surface area contributed by atoms with Crippen LogP contribution in [-0.4, -0.2) is 18.3 Å². The van der Waals surface area contributed by atoms with Crippen molar-refractivity contribution in [3.05, 3.63) is 49.0 Å². The molecule has 0 spiro atoms. The standard InChI is InChI=1S/C13H9Br2NO3S/c14-11-5-9(12(15)20-11)10(17)6-19-8-3-1-7(2-4-8)13(16)18/h1-5H,6H2,(H2,16,18). The van der Waals surface area contributed by atoms with Gasteiger partial charge in [-0.2, -0.15) is 0 Å². The van der Waals surface area contributed by atoms with Crippen LogP contribution in [0.4, 0.5) is 0 Å². The average Bonchev–Trinajstić information content (AvgIpc) is 2.75. The summed E-state index contributed by atoms with van der Waals surface area (Å²) in [6.45, 7) is -0.0717. The Hall–Kier alpha value is -1.18. The first kappa shape index (κ1) is 15.2. The molecule has 0 saturated carbocycles. The van der Waals surface area contributed by atoms with Gasteiger partial charge in [0.2, 0.25) is 11.7 Å². The van der Waals surface area contributed by atoms with E-state index in [0.717, 1.165) is 7.57 Å². The van der Waals surface area contributed by atoms with Crippen molar-refractivity contribution in [1.29, 1.82) is 0 Å². The largest absolute Gasteiger partial charge is 0.485 e. The Morgan fingerprint density at radius 3 is 2.35 bits per heavy atom. The number of ketones is 1. The van der Waals surface area contributed by atoms with E-state index in [-0.39, 0.29) is 12.4 Å². The maximum absolute atomic E-state index is 12.0. The smallest absolute Gasteiger partial charge is 0.248 e. The van der Waals surface area contributed by atoms with E-state index in [4.69, 9.17) is 10.5 Å². The Kier molecular flexibility index (Phi) is 4.95. The number of carbonyl (C=O) groups is 2. The molecule has 2 N–H and O–H groups in total. The van der Waals surface area contributed by atoms with Gasteiger partial charge in [0.1, 0.15) is 5.75 Å². The molecule has 2 rings (SSSR count). The topological polar surface area (TPSA) is 69.4 Å². The lowest BCUT2D eigenvalue weighted by Gasteiger charge is -2.05. The minimum Gasteiger partial charge on any atom is -0.485 e. The molecule has 0 atom stereocenters. The molecule has 0 unspecified atom stereocenters. The van der Waals surface area contributed by atoms with E-state index in [2.05, 4.69) is 31.9 Å². The van der Waals surface area contributed by atoms with Crippen molar-refractivity contribution in [3.63, 3.8) is 0 Å². The summed E-state index contributed by atoms with van der Waals surface area (Å²) in [5.41, 5.74) is 6.11. The van der Waals surface area contributed by atoms with Crippen LogP contribution < -0.4 is 10.5 Å². The first-order valence-electron chi connectivity index (χ1n) is 5.48. The van der Waals surface area contributed by atoms with Crippen molar-refractivity contribution in [1.82, 2.24) is 0 Å². The molecule has 20 heavy (non-hydrogen) atoms. The molecule has 4 nitrogen and oxygen atoms in total. The summed E-state index contributed by atoms with van der Waals surface area (Å²) in [6.07, 6.45) is 0. The van der Waals surface area contributed by atoms with Crippen LogP contribution in [0.1, 0.15) is 20.7 Å². The number of benzene rings is 1. The van der Waals surface area contributed by atoms with E-state index in [1.807, 2.05) is 0 Å². The number of Topliss-reactive ketones (excluding diaryl/α,β-unsaturated/α-hetero) is 1. The Morgan fingerprint density at radius 2 is 1.85 bits per heavy atom. The second kappa shape index (κ2) is 6.51. The number of halogens is 2.